The van der Waals surface area contributed by atoms with Crippen LogP contribution in [0.15, 0.2) is 72.5 Å². The maximum absolute atomic E-state index is 12.0. The fraction of sp³-hybridized carbons (Fsp3) is 0.211. The highest BCUT2D eigenvalue weighted by Gasteiger charge is 2.29. The molecule has 0 amide bonds. The van der Waals surface area contributed by atoms with Gasteiger partial charge < -0.3 is 9.47 Å². The lowest BCUT2D eigenvalue weighted by molar-refractivity contribution is -0.142. The molecule has 0 unspecified atom stereocenters. The highest BCUT2D eigenvalue weighted by molar-refractivity contribution is 5.86. The van der Waals surface area contributed by atoms with E-state index in [9.17, 15) is 4.79 Å². The number of carbonyl (C=O) groups is 1. The van der Waals surface area contributed by atoms with E-state index < -0.39 is 18.5 Å². The van der Waals surface area contributed by atoms with Crippen molar-refractivity contribution < 1.29 is 15.6 Å². The van der Waals surface area contributed by atoms with Crippen molar-refractivity contribution in [3.8, 4) is 0 Å². The molecule has 3 heteroatoms. The van der Waals surface area contributed by atoms with Crippen LogP contribution in [0, 0.1) is 0 Å². The van der Waals surface area contributed by atoms with Crippen LogP contribution in [0.5, 0.6) is 0 Å². The van der Waals surface area contributed by atoms with E-state index in [0.29, 0.717) is 0 Å². The Morgan fingerprint density at radius 2 is 1.68 bits per heavy atom. The normalized spacial score (nSPS) is 24.7. The van der Waals surface area contributed by atoms with Crippen molar-refractivity contribution in [3.05, 3.63) is 83.6 Å². The number of rotatable bonds is 3. The molecule has 0 N–H and O–H groups in total. The van der Waals surface area contributed by atoms with Gasteiger partial charge in [0.1, 0.15) is 6.10 Å². The number of hydrogen-bond acceptors (Lipinski definition) is 3. The molecule has 2 aromatic carbocycles. The van der Waals surface area contributed by atoms with Gasteiger partial charge in [-0.3, -0.25) is 0 Å². The van der Waals surface area contributed by atoms with Gasteiger partial charge in [-0.2, -0.15) is 0 Å². The lowest BCUT2D eigenvalue weighted by atomic mass is 9.88. The minimum absolute atomic E-state index is 0.165. The summed E-state index contributed by atoms with van der Waals surface area (Å²) in [7, 11) is 1.33. The predicted molar refractivity (Wildman–Crippen MR) is 84.2 cm³/mol. The molecule has 1 heterocycles. The molecule has 0 bridgehead atoms. The Morgan fingerprint density at radius 1 is 1.09 bits per heavy atom. The van der Waals surface area contributed by atoms with E-state index >= 15 is 0 Å². The number of hydrogen-bond donors (Lipinski definition) is 0. The number of esters is 1. The molecule has 112 valence electrons. The Labute approximate surface area is 131 Å². The molecule has 3 rings (SSSR count). The summed E-state index contributed by atoms with van der Waals surface area (Å²) in [4.78, 5) is 12.0. The summed E-state index contributed by atoms with van der Waals surface area (Å²) in [6, 6.07) is 19.3. The first-order valence-electron chi connectivity index (χ1n) is 7.77. The minimum atomic E-state index is -0.548. The minimum Gasteiger partial charge on any atom is -0.479 e. The van der Waals surface area contributed by atoms with Gasteiger partial charge in [-0.25, -0.2) is 4.79 Å². The molecule has 3 nitrogen and oxygen atoms in total. The number of methoxy groups -OCH3 is 1. The molecule has 1 aliphatic rings. The fourth-order valence-electron chi connectivity index (χ4n) is 2.54. The number of carbonyl (C=O) groups excluding carboxylic acids is 1. The second-order valence-electron chi connectivity index (χ2n) is 5.10. The molecule has 0 aromatic heterocycles. The molecular formula is C19H18O3. The molecule has 0 saturated heterocycles. The summed E-state index contributed by atoms with van der Waals surface area (Å²) in [5.41, 5.74) is 1.86. The van der Waals surface area contributed by atoms with Crippen LogP contribution < -0.4 is 0 Å². The van der Waals surface area contributed by atoms with Crippen molar-refractivity contribution in [1.82, 2.24) is 0 Å². The zero-order valence-corrected chi connectivity index (χ0v) is 12.3. The van der Waals surface area contributed by atoms with Crippen LogP contribution in [-0.2, 0) is 14.3 Å². The van der Waals surface area contributed by atoms with Gasteiger partial charge in [0.2, 0.25) is 5.76 Å². The number of ether oxygens (including phenoxy) is 2. The summed E-state index contributed by atoms with van der Waals surface area (Å²) in [5.74, 6) is -0.582. The molecular weight excluding hydrogens is 276 g/mol. The van der Waals surface area contributed by atoms with Crippen molar-refractivity contribution >= 4 is 5.97 Å². The van der Waals surface area contributed by atoms with Crippen molar-refractivity contribution in [2.45, 2.75) is 18.4 Å². The molecule has 22 heavy (non-hydrogen) atoms. The van der Waals surface area contributed by atoms with Crippen LogP contribution in [0.25, 0.3) is 0 Å². The lowest BCUT2D eigenvalue weighted by Gasteiger charge is -2.29. The monoisotopic (exact) mass is 295 g/mol. The van der Waals surface area contributed by atoms with Gasteiger partial charge in [-0.1, -0.05) is 60.7 Å². The van der Waals surface area contributed by atoms with Crippen LogP contribution in [-0.4, -0.2) is 13.1 Å². The third-order valence-electron chi connectivity index (χ3n) is 3.67. The number of allylic oxidation sites excluding steroid dienone is 1. The van der Waals surface area contributed by atoms with Gasteiger partial charge in [0.25, 0.3) is 0 Å². The third-order valence-corrected chi connectivity index (χ3v) is 3.67. The Hall–Kier alpha value is -2.55. The largest absolute Gasteiger partial charge is 0.479 e. The zero-order chi connectivity index (χ0) is 16.2. The topological polar surface area (TPSA) is 35.5 Å². The van der Waals surface area contributed by atoms with Crippen molar-refractivity contribution in [2.24, 2.45) is 0 Å². The molecule has 0 radical (unpaired) electrons. The molecule has 0 aliphatic carbocycles. The average Bonchev–Trinajstić information content (AvgIpc) is 2.62. The molecule has 0 saturated carbocycles. The average molecular weight is 295 g/mol. The van der Waals surface area contributed by atoms with E-state index in [-0.39, 0.29) is 11.7 Å². The molecule has 1 aliphatic heterocycles. The van der Waals surface area contributed by atoms with Gasteiger partial charge in [0, 0.05) is 7.29 Å². The van der Waals surface area contributed by atoms with E-state index in [1.165, 1.54) is 7.11 Å². The maximum atomic E-state index is 12.0. The van der Waals surface area contributed by atoms with E-state index in [1.807, 2.05) is 60.7 Å². The summed E-state index contributed by atoms with van der Waals surface area (Å²) in [6.07, 6.45) is 0.631. The van der Waals surface area contributed by atoms with Crippen molar-refractivity contribution in [3.63, 3.8) is 0 Å². The highest BCUT2D eigenvalue weighted by Crippen LogP contribution is 2.38. The van der Waals surface area contributed by atoms with Gasteiger partial charge in [-0.15, -0.1) is 0 Å². The van der Waals surface area contributed by atoms with Crippen LogP contribution in [0.1, 0.15) is 30.9 Å². The quantitative estimate of drug-likeness (QED) is 0.803. The second-order valence-corrected chi connectivity index (χ2v) is 5.10. The first-order chi connectivity index (χ1) is 11.2. The van der Waals surface area contributed by atoms with Crippen LogP contribution in [0.4, 0.5) is 0 Å². The molecule has 2 aromatic rings. The Morgan fingerprint density at radius 3 is 2.27 bits per heavy atom. The SMILES string of the molecule is [2H][C@@H]1[C@@H](c2ccccc2)C=C(C(=O)OC)O[C@@H]1c1ccccc1. The van der Waals surface area contributed by atoms with E-state index in [2.05, 4.69) is 0 Å². The molecule has 3 atom stereocenters. The summed E-state index contributed by atoms with van der Waals surface area (Å²) in [6.45, 7) is 0. The van der Waals surface area contributed by atoms with Crippen LogP contribution >= 0.6 is 0 Å². The van der Waals surface area contributed by atoms with Crippen molar-refractivity contribution in [2.75, 3.05) is 7.11 Å². The van der Waals surface area contributed by atoms with Gasteiger partial charge >= 0.3 is 5.97 Å². The van der Waals surface area contributed by atoms with E-state index in [4.69, 9.17) is 10.8 Å². The predicted octanol–water partition coefficient (Wildman–Crippen LogP) is 3.99. The summed E-state index contributed by atoms with van der Waals surface area (Å²) < 4.78 is 19.2. The Kier molecular flexibility index (Phi) is 3.87. The van der Waals surface area contributed by atoms with E-state index in [0.717, 1.165) is 11.1 Å². The third kappa shape index (κ3) is 3.03. The Bertz CT molecular complexity index is 697. The van der Waals surface area contributed by atoms with Gasteiger partial charge in [0.15, 0.2) is 0 Å². The smallest absolute Gasteiger partial charge is 0.373 e. The maximum Gasteiger partial charge on any atom is 0.373 e. The Balaban J connectivity index is 2.02. The fourth-order valence-corrected chi connectivity index (χ4v) is 2.54. The van der Waals surface area contributed by atoms with E-state index in [1.54, 1.807) is 6.08 Å². The first-order valence-corrected chi connectivity index (χ1v) is 7.19. The van der Waals surface area contributed by atoms with Gasteiger partial charge in [0.05, 0.1) is 7.11 Å². The highest BCUT2D eigenvalue weighted by atomic mass is 16.6. The zero-order valence-electron chi connectivity index (χ0n) is 13.3. The molecule has 0 fully saturated rings. The molecule has 0 spiro atoms. The van der Waals surface area contributed by atoms with Crippen LogP contribution in [0.2, 0.25) is 0 Å². The van der Waals surface area contributed by atoms with Crippen LogP contribution in [0.3, 0.4) is 0 Å². The summed E-state index contributed by atoms with van der Waals surface area (Å²) in [5, 5.41) is 0. The lowest BCUT2D eigenvalue weighted by Crippen LogP contribution is -2.20. The van der Waals surface area contributed by atoms with Gasteiger partial charge in [-0.05, 0) is 23.6 Å². The standard InChI is InChI=1S/C19H18O3/c1-21-19(20)18-13-16(14-8-4-2-5-9-14)12-17(22-18)15-10-6-3-7-11-15/h2-11,13,16-17H,12H2,1H3/t16-,17+/m1/s1/i12D/t12-,16-,17+. The summed E-state index contributed by atoms with van der Waals surface area (Å²) >= 11 is 0. The second kappa shape index (κ2) is 6.48. The number of benzene rings is 2. The van der Waals surface area contributed by atoms with Crippen molar-refractivity contribution in [1.29, 1.82) is 0 Å². The first kappa shape index (κ1) is 13.1.